The van der Waals surface area contributed by atoms with Gasteiger partial charge >= 0.3 is 6.18 Å². The second-order valence-corrected chi connectivity index (χ2v) is 16.1. The van der Waals surface area contributed by atoms with Crippen LogP contribution in [0.1, 0.15) is 11.1 Å². The molecular formula is C57H37F3N6. The van der Waals surface area contributed by atoms with Gasteiger partial charge in [-0.2, -0.15) is 13.2 Å². The average molecular weight is 863 g/mol. The van der Waals surface area contributed by atoms with Crippen LogP contribution in [0.25, 0.3) is 107 Å². The highest BCUT2D eigenvalue weighted by Gasteiger charge is 2.34. The monoisotopic (exact) mass is 862 g/mol. The maximum Gasteiger partial charge on any atom is 0.417 e. The number of para-hydroxylation sites is 1. The molecule has 0 spiro atoms. The summed E-state index contributed by atoms with van der Waals surface area (Å²) in [6, 6.07) is 65.6. The summed E-state index contributed by atoms with van der Waals surface area (Å²) in [5.74, 6) is 2.03. The number of halogens is 3. The van der Waals surface area contributed by atoms with Crippen LogP contribution in [0, 0.1) is 6.92 Å². The van der Waals surface area contributed by atoms with Crippen LogP contribution in [0.2, 0.25) is 0 Å². The van der Waals surface area contributed by atoms with Crippen molar-refractivity contribution in [2.24, 2.45) is 0 Å². The van der Waals surface area contributed by atoms with Gasteiger partial charge in [0.25, 0.3) is 0 Å². The summed E-state index contributed by atoms with van der Waals surface area (Å²) >= 11 is 0. The van der Waals surface area contributed by atoms with Gasteiger partial charge in [-0.3, -0.25) is 0 Å². The molecule has 9 heteroatoms. The Kier molecular flexibility index (Phi) is 10.1. The van der Waals surface area contributed by atoms with Gasteiger partial charge in [0.05, 0.1) is 33.7 Å². The van der Waals surface area contributed by atoms with Crippen molar-refractivity contribution in [1.29, 1.82) is 0 Å². The Hall–Kier alpha value is -8.56. The zero-order valence-electron chi connectivity index (χ0n) is 35.4. The highest BCUT2D eigenvalue weighted by Crippen LogP contribution is 2.43. The number of hydrogen-bond donors (Lipinski definition) is 0. The molecule has 0 saturated carbocycles. The molecule has 0 unspecified atom stereocenters. The fourth-order valence-corrected chi connectivity index (χ4v) is 8.61. The summed E-state index contributed by atoms with van der Waals surface area (Å²) in [6.45, 7) is 1.67. The Bertz CT molecular complexity index is 3460. The molecule has 0 fully saturated rings. The van der Waals surface area contributed by atoms with Gasteiger partial charge in [-0.1, -0.05) is 169 Å². The molecule has 11 aromatic rings. The van der Waals surface area contributed by atoms with Crippen molar-refractivity contribution < 1.29 is 13.2 Å². The third-order valence-electron chi connectivity index (χ3n) is 11.8. The lowest BCUT2D eigenvalue weighted by Gasteiger charge is -2.18. The molecule has 0 saturated heterocycles. The average Bonchev–Trinajstić information content (AvgIpc) is 3.70. The van der Waals surface area contributed by atoms with Crippen molar-refractivity contribution in [3.63, 3.8) is 0 Å². The third-order valence-corrected chi connectivity index (χ3v) is 11.8. The Morgan fingerprint density at radius 1 is 0.364 bits per heavy atom. The number of hydrogen-bond acceptors (Lipinski definition) is 5. The summed E-state index contributed by atoms with van der Waals surface area (Å²) in [5.41, 5.74) is 8.98. The van der Waals surface area contributed by atoms with E-state index in [4.69, 9.17) is 24.9 Å². The fraction of sp³-hybridized carbons (Fsp3) is 0.0351. The molecule has 0 N–H and O–H groups in total. The minimum Gasteiger partial charge on any atom is -0.309 e. The number of alkyl halides is 3. The van der Waals surface area contributed by atoms with Gasteiger partial charge in [0.2, 0.25) is 0 Å². The van der Waals surface area contributed by atoms with Crippen LogP contribution in [-0.2, 0) is 6.18 Å². The molecule has 0 atom stereocenters. The van der Waals surface area contributed by atoms with Crippen molar-refractivity contribution in [1.82, 2.24) is 29.5 Å². The van der Waals surface area contributed by atoms with Crippen LogP contribution in [0.4, 0.5) is 13.2 Å². The summed E-state index contributed by atoms with van der Waals surface area (Å²) in [5, 5.41) is 1.84. The molecule has 66 heavy (non-hydrogen) atoms. The van der Waals surface area contributed by atoms with Crippen LogP contribution < -0.4 is 0 Å². The molecule has 0 aliphatic rings. The standard InChI is InChI=1S/C57H37F3N6/c1-36-26-29-43(47(32-36)57(58,59)60)41-27-30-45-44-24-14-15-25-50(44)66(52(45)34-41)51-31-28-42(56-64-54(39-20-10-4-11-21-39)63-55(65-56)40-22-12-5-13-23-40)33-46(51)49-35-48(37-16-6-2-7-17-37)61-53(62-49)38-18-8-3-9-19-38/h2-35H,1H3. The number of nitrogens with zero attached hydrogens (tertiary/aromatic N) is 6. The van der Waals surface area contributed by atoms with Crippen LogP contribution in [0.5, 0.6) is 0 Å². The van der Waals surface area contributed by atoms with E-state index in [9.17, 15) is 13.2 Å². The van der Waals surface area contributed by atoms with Crippen LogP contribution >= 0.6 is 0 Å². The van der Waals surface area contributed by atoms with E-state index < -0.39 is 11.7 Å². The first-order chi connectivity index (χ1) is 32.2. The van der Waals surface area contributed by atoms with Gasteiger partial charge < -0.3 is 4.57 Å². The van der Waals surface area contributed by atoms with E-state index in [0.29, 0.717) is 45.7 Å². The van der Waals surface area contributed by atoms with E-state index in [1.54, 1.807) is 25.1 Å². The summed E-state index contributed by atoms with van der Waals surface area (Å²) < 4.78 is 46.2. The number of fused-ring (bicyclic) bond motifs is 3. The van der Waals surface area contributed by atoms with E-state index in [1.165, 1.54) is 6.07 Å². The first kappa shape index (κ1) is 40.2. The van der Waals surface area contributed by atoms with Crippen molar-refractivity contribution in [3.05, 3.63) is 217 Å². The molecule has 0 amide bonds. The molecule has 3 aromatic heterocycles. The molecule has 6 nitrogen and oxygen atoms in total. The molecule has 0 aliphatic heterocycles. The zero-order valence-corrected chi connectivity index (χ0v) is 35.4. The van der Waals surface area contributed by atoms with Crippen molar-refractivity contribution in [3.8, 4) is 84.9 Å². The van der Waals surface area contributed by atoms with E-state index in [-0.39, 0.29) is 5.56 Å². The number of aromatic nitrogens is 6. The van der Waals surface area contributed by atoms with Gasteiger partial charge in [-0.05, 0) is 60.5 Å². The Balaban J connectivity index is 1.21. The van der Waals surface area contributed by atoms with E-state index >= 15 is 0 Å². The van der Waals surface area contributed by atoms with Gasteiger partial charge in [-0.25, -0.2) is 24.9 Å². The summed E-state index contributed by atoms with van der Waals surface area (Å²) in [4.78, 5) is 25.5. The summed E-state index contributed by atoms with van der Waals surface area (Å²) in [6.07, 6.45) is -4.55. The molecule has 3 heterocycles. The van der Waals surface area contributed by atoms with Gasteiger partial charge in [0.1, 0.15) is 0 Å². The first-order valence-corrected chi connectivity index (χ1v) is 21.5. The molecule has 0 radical (unpaired) electrons. The lowest BCUT2D eigenvalue weighted by atomic mass is 9.96. The van der Waals surface area contributed by atoms with Crippen molar-refractivity contribution in [2.45, 2.75) is 13.1 Å². The topological polar surface area (TPSA) is 69.4 Å². The molecule has 316 valence electrons. The minimum absolute atomic E-state index is 0.108. The maximum atomic E-state index is 14.7. The second-order valence-electron chi connectivity index (χ2n) is 16.1. The lowest BCUT2D eigenvalue weighted by molar-refractivity contribution is -0.137. The molecule has 0 aliphatic carbocycles. The SMILES string of the molecule is Cc1ccc(-c2ccc3c4ccccc4n(-c4ccc(-c5nc(-c6ccccc6)nc(-c6ccccc6)n5)cc4-c4cc(-c5ccccc5)nc(-c5ccccc5)n4)c3c2)c(C(F)(F)F)c1. The Labute approximate surface area is 378 Å². The number of benzene rings is 8. The Morgan fingerprint density at radius 2 is 0.864 bits per heavy atom. The predicted molar refractivity (Wildman–Crippen MR) is 258 cm³/mol. The van der Waals surface area contributed by atoms with Crippen molar-refractivity contribution >= 4 is 21.8 Å². The van der Waals surface area contributed by atoms with Gasteiger partial charge in [0.15, 0.2) is 23.3 Å². The van der Waals surface area contributed by atoms with Crippen LogP contribution in [0.3, 0.4) is 0 Å². The fourth-order valence-electron chi connectivity index (χ4n) is 8.61. The largest absolute Gasteiger partial charge is 0.417 e. The number of aryl methyl sites for hydroxylation is 1. The Morgan fingerprint density at radius 3 is 1.47 bits per heavy atom. The van der Waals surface area contributed by atoms with E-state index in [0.717, 1.165) is 61.0 Å². The molecular weight excluding hydrogens is 826 g/mol. The molecule has 0 bridgehead atoms. The number of rotatable bonds is 8. The zero-order chi connectivity index (χ0) is 44.8. The third kappa shape index (κ3) is 7.56. The minimum atomic E-state index is -4.55. The highest BCUT2D eigenvalue weighted by atomic mass is 19.4. The van der Waals surface area contributed by atoms with E-state index in [2.05, 4.69) is 4.57 Å². The lowest BCUT2D eigenvalue weighted by Crippen LogP contribution is -2.07. The van der Waals surface area contributed by atoms with E-state index in [1.807, 2.05) is 182 Å². The first-order valence-electron chi connectivity index (χ1n) is 21.5. The smallest absolute Gasteiger partial charge is 0.309 e. The van der Waals surface area contributed by atoms with Gasteiger partial charge in [0, 0.05) is 44.2 Å². The normalized spacial score (nSPS) is 11.6. The van der Waals surface area contributed by atoms with Crippen LogP contribution in [-0.4, -0.2) is 29.5 Å². The molecule has 11 rings (SSSR count). The van der Waals surface area contributed by atoms with Crippen LogP contribution in [0.15, 0.2) is 206 Å². The van der Waals surface area contributed by atoms with Gasteiger partial charge in [-0.15, -0.1) is 0 Å². The summed E-state index contributed by atoms with van der Waals surface area (Å²) in [7, 11) is 0. The van der Waals surface area contributed by atoms with Crippen molar-refractivity contribution in [2.75, 3.05) is 0 Å². The highest BCUT2D eigenvalue weighted by molar-refractivity contribution is 6.11. The molecule has 8 aromatic carbocycles. The second kappa shape index (κ2) is 16.5. The quantitative estimate of drug-likeness (QED) is 0.152. The maximum absolute atomic E-state index is 14.7. The predicted octanol–water partition coefficient (Wildman–Crippen LogP) is 14.8.